The van der Waals surface area contributed by atoms with E-state index < -0.39 is 0 Å². The first-order chi connectivity index (χ1) is 12.0. The molecular weight excluding hydrogens is 719 g/mol. The quantitative estimate of drug-likeness (QED) is 0.278. The van der Waals surface area contributed by atoms with Crippen molar-refractivity contribution in [1.29, 1.82) is 0 Å². The SMILES string of the molecule is Cc1ccc(CN(I)I)cc1.Cn1ccn(CC2CCCCC2)[c]1=[Pt]. The van der Waals surface area contributed by atoms with Crippen LogP contribution in [0.2, 0.25) is 0 Å². The van der Waals surface area contributed by atoms with E-state index in [9.17, 15) is 0 Å². The van der Waals surface area contributed by atoms with Gasteiger partial charge in [-0.2, -0.15) is 1.33 Å². The van der Waals surface area contributed by atoms with Crippen molar-refractivity contribution in [2.45, 2.75) is 52.1 Å². The first kappa shape index (κ1) is 21.8. The van der Waals surface area contributed by atoms with Gasteiger partial charge in [0.15, 0.2) is 0 Å². The molecule has 1 fully saturated rings. The van der Waals surface area contributed by atoms with E-state index in [1.807, 2.05) is 0 Å². The van der Waals surface area contributed by atoms with Crippen molar-refractivity contribution in [2.75, 3.05) is 0 Å². The second-order valence-electron chi connectivity index (χ2n) is 6.75. The minimum absolute atomic E-state index is 0.921. The molecule has 3 rings (SSSR count). The van der Waals surface area contributed by atoms with Gasteiger partial charge in [-0.25, -0.2) is 0 Å². The second-order valence-corrected chi connectivity index (χ2v) is 11.9. The zero-order valence-corrected chi connectivity index (χ0v) is 21.5. The van der Waals surface area contributed by atoms with Crippen LogP contribution in [0.15, 0.2) is 36.7 Å². The summed E-state index contributed by atoms with van der Waals surface area (Å²) in [6.07, 6.45) is 11.5. The van der Waals surface area contributed by atoms with Crippen LogP contribution in [0.25, 0.3) is 0 Å². The van der Waals surface area contributed by atoms with Gasteiger partial charge in [-0.05, 0) is 12.5 Å². The Morgan fingerprint density at radius 1 is 1.08 bits per heavy atom. The predicted molar refractivity (Wildman–Crippen MR) is 118 cm³/mol. The van der Waals surface area contributed by atoms with Crippen molar-refractivity contribution in [3.05, 3.63) is 51.6 Å². The Balaban J connectivity index is 0.000000186. The van der Waals surface area contributed by atoms with Crippen LogP contribution in [0.5, 0.6) is 0 Å². The fourth-order valence-corrected chi connectivity index (χ4v) is 4.44. The summed E-state index contributed by atoms with van der Waals surface area (Å²) in [7, 11) is 2.11. The third-order valence-corrected chi connectivity index (χ3v) is 6.70. The van der Waals surface area contributed by atoms with Crippen molar-refractivity contribution in [3.8, 4) is 0 Å². The van der Waals surface area contributed by atoms with Crippen LogP contribution in [0.4, 0.5) is 0 Å². The third kappa shape index (κ3) is 7.97. The Hall–Kier alpha value is 0.538. The number of halogens is 2. The van der Waals surface area contributed by atoms with Crippen LogP contribution in [-0.2, 0) is 39.5 Å². The minimum atomic E-state index is 0.921. The van der Waals surface area contributed by atoms with Crippen LogP contribution in [0, 0.1) is 16.6 Å². The van der Waals surface area contributed by atoms with E-state index in [1.165, 1.54) is 53.6 Å². The molecule has 6 heteroatoms. The molecule has 1 heterocycles. The van der Waals surface area contributed by atoms with E-state index in [2.05, 4.69) is 126 Å². The fourth-order valence-electron chi connectivity index (χ4n) is 3.11. The van der Waals surface area contributed by atoms with Gasteiger partial charge in [-0.3, -0.25) is 0 Å². The first-order valence-electron chi connectivity index (χ1n) is 8.77. The number of hydrogen-bond donors (Lipinski definition) is 0. The summed E-state index contributed by atoms with van der Waals surface area (Å²) in [6.45, 7) is 4.33. The molecule has 1 aromatic carbocycles. The molecule has 1 saturated carbocycles. The van der Waals surface area contributed by atoms with E-state index in [0.717, 1.165) is 12.5 Å². The molecule has 0 unspecified atom stereocenters. The summed E-state index contributed by atoms with van der Waals surface area (Å²) in [4.78, 5) is 0. The van der Waals surface area contributed by atoms with Crippen molar-refractivity contribution in [2.24, 2.45) is 13.0 Å². The molecular formula is C19H27I2N3Pt. The molecule has 0 bridgehead atoms. The first-order valence-corrected chi connectivity index (χ1v) is 11.8. The van der Waals surface area contributed by atoms with E-state index in [4.69, 9.17) is 0 Å². The third-order valence-electron chi connectivity index (χ3n) is 4.56. The average Bonchev–Trinajstić information content (AvgIpc) is 2.90. The summed E-state index contributed by atoms with van der Waals surface area (Å²) in [5, 5.41) is 0. The molecule has 0 spiro atoms. The van der Waals surface area contributed by atoms with Gasteiger partial charge in [0.1, 0.15) is 0 Å². The number of aryl methyl sites for hydroxylation is 2. The molecule has 3 nitrogen and oxygen atoms in total. The molecule has 25 heavy (non-hydrogen) atoms. The number of nitrogens with zero attached hydrogens (tertiary/aromatic N) is 3. The molecule has 0 saturated heterocycles. The van der Waals surface area contributed by atoms with E-state index in [-0.39, 0.29) is 0 Å². The van der Waals surface area contributed by atoms with Gasteiger partial charge in [0.25, 0.3) is 0 Å². The topological polar surface area (TPSA) is 13.1 Å². The molecule has 0 amide bonds. The van der Waals surface area contributed by atoms with Crippen LogP contribution in [0.1, 0.15) is 43.2 Å². The molecule has 0 atom stereocenters. The Morgan fingerprint density at radius 2 is 1.72 bits per heavy atom. The van der Waals surface area contributed by atoms with Gasteiger partial charge in [0, 0.05) is 52.3 Å². The molecule has 0 N–H and O–H groups in total. The van der Waals surface area contributed by atoms with Crippen LogP contribution < -0.4 is 0 Å². The van der Waals surface area contributed by atoms with Crippen molar-refractivity contribution >= 4 is 45.7 Å². The number of imidazole rings is 1. The number of benzene rings is 1. The zero-order chi connectivity index (χ0) is 18.2. The number of rotatable bonds is 4. The Bertz CT molecular complexity index is 685. The van der Waals surface area contributed by atoms with Gasteiger partial charge in [-0.15, -0.1) is 0 Å². The van der Waals surface area contributed by atoms with Crippen molar-refractivity contribution in [1.82, 2.24) is 10.5 Å². The maximum absolute atomic E-state index is 2.41. The molecule has 1 aromatic heterocycles. The Morgan fingerprint density at radius 3 is 2.24 bits per heavy atom. The second kappa shape index (κ2) is 11.4. The predicted octanol–water partition coefficient (Wildman–Crippen LogP) is 5.98. The van der Waals surface area contributed by atoms with Crippen LogP contribution in [0.3, 0.4) is 0 Å². The van der Waals surface area contributed by atoms with Crippen LogP contribution in [-0.4, -0.2) is 10.5 Å². The normalized spacial score (nSPS) is 15.2. The van der Waals surface area contributed by atoms with Crippen molar-refractivity contribution in [3.63, 3.8) is 0 Å². The van der Waals surface area contributed by atoms with E-state index >= 15 is 0 Å². The molecule has 0 aliphatic heterocycles. The van der Waals surface area contributed by atoms with E-state index in [1.54, 1.807) is 0 Å². The average molecular weight is 746 g/mol. The molecule has 1 aliphatic carbocycles. The number of aromatic nitrogens is 2. The summed E-state index contributed by atoms with van der Waals surface area (Å²) < 4.78 is 8.03. The van der Waals surface area contributed by atoms with Crippen LogP contribution >= 0.6 is 45.7 Å². The van der Waals surface area contributed by atoms with Gasteiger partial charge in [0.05, 0.1) is 0 Å². The zero-order valence-electron chi connectivity index (χ0n) is 14.9. The number of hydrogen-bond acceptors (Lipinski definition) is 1. The maximum atomic E-state index is 2.41. The summed E-state index contributed by atoms with van der Waals surface area (Å²) >= 11 is 6.95. The monoisotopic (exact) mass is 746 g/mol. The summed E-state index contributed by atoms with van der Waals surface area (Å²) in [6, 6.07) is 8.62. The van der Waals surface area contributed by atoms with Gasteiger partial charge < -0.3 is 0 Å². The Labute approximate surface area is 190 Å². The molecule has 142 valence electrons. The fraction of sp³-hybridized carbons (Fsp3) is 0.526. The van der Waals surface area contributed by atoms with Gasteiger partial charge in [0.2, 0.25) is 0 Å². The van der Waals surface area contributed by atoms with Gasteiger partial charge in [-0.1, -0.05) is 29.8 Å². The molecule has 0 radical (unpaired) electrons. The van der Waals surface area contributed by atoms with E-state index in [0.29, 0.717) is 0 Å². The Kier molecular flexibility index (Phi) is 9.95. The van der Waals surface area contributed by atoms with Gasteiger partial charge >= 0.3 is 96.3 Å². The summed E-state index contributed by atoms with van der Waals surface area (Å²) in [5.74, 6) is 0.921. The molecule has 2 aromatic rings. The summed E-state index contributed by atoms with van der Waals surface area (Å²) in [5.41, 5.74) is 2.68. The van der Waals surface area contributed by atoms with Crippen molar-refractivity contribution < 1.29 is 19.4 Å². The standard InChI is InChI=1S/C11H18N2.C8H9I2N.Pt/c1-12-7-8-13(10-12)9-11-5-3-2-4-6-11;1-7-2-4-8(5-3-7)6-11(9)10;/h7-8,11H,2-6,9H2,1H3;2-5H,6H2,1H3;. The molecule has 1 aliphatic rings.